The molecule has 18 heavy (non-hydrogen) atoms. The zero-order chi connectivity index (χ0) is 13.2. The smallest absolute Gasteiger partial charge is 0.277 e. The van der Waals surface area contributed by atoms with Gasteiger partial charge < -0.3 is 5.21 Å². The Morgan fingerprint density at radius 3 is 2.44 bits per heavy atom. The van der Waals surface area contributed by atoms with Crippen molar-refractivity contribution in [3.63, 3.8) is 0 Å². The van der Waals surface area contributed by atoms with Crippen molar-refractivity contribution in [1.29, 1.82) is 0 Å². The molecule has 1 heterocycles. The fraction of sp³-hybridized carbons (Fsp3) is 0.154. The second kappa shape index (κ2) is 4.89. The Morgan fingerprint density at radius 1 is 1.17 bits per heavy atom. The molecule has 4 nitrogen and oxygen atoms in total. The summed E-state index contributed by atoms with van der Waals surface area (Å²) in [6.07, 6.45) is 5.79. The quantitative estimate of drug-likeness (QED) is 0.465. The molecule has 1 aromatic carbocycles. The molecule has 0 fully saturated rings. The van der Waals surface area contributed by atoms with Gasteiger partial charge >= 0.3 is 0 Å². The number of hydrogen-bond acceptors (Lipinski definition) is 3. The largest absolute Gasteiger partial charge is 0.621 e. The molecule has 0 bridgehead atoms. The SMILES string of the molecule is Cc1ccc(C[N+]2([O-])C=CC=CC2=S(=O)=O)cc1. The summed E-state index contributed by atoms with van der Waals surface area (Å²) in [6.45, 7) is 2.03. The van der Waals surface area contributed by atoms with Gasteiger partial charge in [-0.15, -0.1) is 0 Å². The first kappa shape index (κ1) is 12.8. The van der Waals surface area contributed by atoms with Crippen molar-refractivity contribution in [1.82, 2.24) is 0 Å². The van der Waals surface area contributed by atoms with Gasteiger partial charge in [0.25, 0.3) is 15.3 Å². The third kappa shape index (κ3) is 2.59. The van der Waals surface area contributed by atoms with Crippen LogP contribution in [0.25, 0.3) is 0 Å². The Labute approximate surface area is 107 Å². The summed E-state index contributed by atoms with van der Waals surface area (Å²) in [6, 6.07) is 7.48. The van der Waals surface area contributed by atoms with Crippen molar-refractivity contribution in [3.05, 3.63) is 65.0 Å². The minimum atomic E-state index is -2.51. The summed E-state index contributed by atoms with van der Waals surface area (Å²) in [4.78, 5) is -0.168. The standard InChI is InChI=1S/C13H13NO3S/c1-11-5-7-12(8-6-11)10-14(15)9-3-2-4-13(14)18(16)17/h2-9H,10H2,1H3. The summed E-state index contributed by atoms with van der Waals surface area (Å²) in [5.74, 6) is 0. The summed E-state index contributed by atoms with van der Waals surface area (Å²) in [7, 11) is -2.51. The third-order valence-corrected chi connectivity index (χ3v) is 3.55. The van der Waals surface area contributed by atoms with Crippen LogP contribution in [0.1, 0.15) is 11.1 Å². The lowest BCUT2D eigenvalue weighted by molar-refractivity contribution is -0.744. The average molecular weight is 263 g/mol. The van der Waals surface area contributed by atoms with Crippen LogP contribution in [0.2, 0.25) is 0 Å². The minimum absolute atomic E-state index is 0.0738. The predicted molar refractivity (Wildman–Crippen MR) is 70.7 cm³/mol. The van der Waals surface area contributed by atoms with Crippen LogP contribution in [0.15, 0.2) is 48.7 Å². The molecule has 94 valence electrons. The number of aryl methyl sites for hydroxylation is 1. The van der Waals surface area contributed by atoms with E-state index in [1.807, 2.05) is 31.2 Å². The number of quaternary nitrogens is 1. The molecule has 1 unspecified atom stereocenters. The van der Waals surface area contributed by atoms with Gasteiger partial charge in [-0.2, -0.15) is 8.42 Å². The van der Waals surface area contributed by atoms with Gasteiger partial charge in [-0.05, 0) is 19.1 Å². The molecule has 0 N–H and O–H groups in total. The first-order valence-electron chi connectivity index (χ1n) is 5.48. The first-order valence-corrected chi connectivity index (χ1v) is 6.56. The predicted octanol–water partition coefficient (Wildman–Crippen LogP) is 1.90. The van der Waals surface area contributed by atoms with E-state index in [0.29, 0.717) is 0 Å². The molecule has 1 aromatic rings. The molecule has 5 heteroatoms. The maximum Gasteiger partial charge on any atom is 0.277 e. The number of benzene rings is 1. The van der Waals surface area contributed by atoms with E-state index in [1.54, 1.807) is 12.2 Å². The van der Waals surface area contributed by atoms with E-state index >= 15 is 0 Å². The monoisotopic (exact) mass is 263 g/mol. The normalized spacial score (nSPS) is 22.2. The molecule has 2 rings (SSSR count). The van der Waals surface area contributed by atoms with Crippen LogP contribution in [-0.4, -0.2) is 18.1 Å². The molecular formula is C13H13NO3S. The van der Waals surface area contributed by atoms with Crippen LogP contribution in [0.4, 0.5) is 0 Å². The van der Waals surface area contributed by atoms with Crippen LogP contribution in [0.5, 0.6) is 0 Å². The molecule has 0 spiro atoms. The lowest BCUT2D eigenvalue weighted by Crippen LogP contribution is -2.42. The number of allylic oxidation sites excluding steroid dienone is 2. The maximum atomic E-state index is 12.5. The summed E-state index contributed by atoms with van der Waals surface area (Å²) in [5.41, 5.74) is 1.90. The van der Waals surface area contributed by atoms with E-state index in [0.717, 1.165) is 11.1 Å². The highest BCUT2D eigenvalue weighted by molar-refractivity contribution is 7.72. The molecule has 0 amide bonds. The molecule has 0 saturated carbocycles. The molecule has 1 aliphatic heterocycles. The highest BCUT2D eigenvalue weighted by atomic mass is 32.2. The van der Waals surface area contributed by atoms with E-state index in [1.165, 1.54) is 12.3 Å². The fourth-order valence-electron chi connectivity index (χ4n) is 1.80. The van der Waals surface area contributed by atoms with Crippen molar-refractivity contribution < 1.29 is 13.1 Å². The minimum Gasteiger partial charge on any atom is -0.621 e. The van der Waals surface area contributed by atoms with Crippen LogP contribution in [-0.2, 0) is 16.8 Å². The van der Waals surface area contributed by atoms with Gasteiger partial charge in [-0.1, -0.05) is 29.8 Å². The molecule has 0 saturated heterocycles. The van der Waals surface area contributed by atoms with Gasteiger partial charge in [0.05, 0.1) is 0 Å². The summed E-state index contributed by atoms with van der Waals surface area (Å²) in [5, 5.41) is 12.5. The number of hydroxylamine groups is 3. The molecule has 0 radical (unpaired) electrons. The zero-order valence-electron chi connectivity index (χ0n) is 9.91. The first-order chi connectivity index (χ1) is 8.51. The topological polar surface area (TPSA) is 57.2 Å². The maximum absolute atomic E-state index is 12.5. The van der Waals surface area contributed by atoms with Crippen molar-refractivity contribution in [3.8, 4) is 0 Å². The Balaban J connectivity index is 2.37. The van der Waals surface area contributed by atoms with Gasteiger partial charge in [0, 0.05) is 11.6 Å². The number of rotatable bonds is 2. The third-order valence-electron chi connectivity index (χ3n) is 2.76. The Morgan fingerprint density at radius 2 is 1.83 bits per heavy atom. The number of hydrogen-bond donors (Lipinski definition) is 0. The second-order valence-corrected chi connectivity index (χ2v) is 5.10. The second-order valence-electron chi connectivity index (χ2n) is 4.21. The van der Waals surface area contributed by atoms with E-state index in [2.05, 4.69) is 0 Å². The lowest BCUT2D eigenvalue weighted by Gasteiger charge is -2.37. The van der Waals surface area contributed by atoms with Gasteiger partial charge in [0.2, 0.25) is 0 Å². The van der Waals surface area contributed by atoms with E-state index < -0.39 is 14.9 Å². The summed E-state index contributed by atoms with van der Waals surface area (Å²) >= 11 is 0. The molecule has 1 atom stereocenters. The van der Waals surface area contributed by atoms with Gasteiger partial charge in [-0.25, -0.2) is 0 Å². The van der Waals surface area contributed by atoms with Crippen LogP contribution < -0.4 is 0 Å². The Kier molecular flexibility index (Phi) is 3.47. The highest BCUT2D eigenvalue weighted by Gasteiger charge is 2.24. The van der Waals surface area contributed by atoms with E-state index in [4.69, 9.17) is 0 Å². The Hall–Kier alpha value is -1.69. The number of nitrogens with zero attached hydrogens (tertiary/aromatic N) is 1. The highest BCUT2D eigenvalue weighted by Crippen LogP contribution is 2.19. The molecular weight excluding hydrogens is 250 g/mol. The van der Waals surface area contributed by atoms with Crippen molar-refractivity contribution >= 4 is 15.3 Å². The van der Waals surface area contributed by atoms with Crippen LogP contribution in [0, 0.1) is 12.1 Å². The zero-order valence-corrected chi connectivity index (χ0v) is 10.7. The van der Waals surface area contributed by atoms with Gasteiger partial charge in [-0.3, -0.25) is 4.65 Å². The van der Waals surface area contributed by atoms with E-state index in [9.17, 15) is 13.6 Å². The van der Waals surface area contributed by atoms with Crippen molar-refractivity contribution in [2.24, 2.45) is 0 Å². The fourth-order valence-corrected chi connectivity index (χ4v) is 2.37. The van der Waals surface area contributed by atoms with Crippen LogP contribution in [0.3, 0.4) is 0 Å². The molecule has 1 aliphatic rings. The van der Waals surface area contributed by atoms with Crippen molar-refractivity contribution in [2.75, 3.05) is 0 Å². The Bertz CT molecular complexity index is 633. The van der Waals surface area contributed by atoms with Crippen LogP contribution >= 0.6 is 0 Å². The summed E-state index contributed by atoms with van der Waals surface area (Å²) < 4.78 is 21.2. The van der Waals surface area contributed by atoms with Gasteiger partial charge in [0.15, 0.2) is 0 Å². The average Bonchev–Trinajstić information content (AvgIpc) is 2.32. The molecule has 0 aromatic heterocycles. The lowest BCUT2D eigenvalue weighted by atomic mass is 10.1. The molecule has 0 aliphatic carbocycles. The van der Waals surface area contributed by atoms with Crippen molar-refractivity contribution in [2.45, 2.75) is 13.5 Å². The van der Waals surface area contributed by atoms with Gasteiger partial charge in [0.1, 0.15) is 12.7 Å². The van der Waals surface area contributed by atoms with E-state index in [-0.39, 0.29) is 11.5 Å².